The van der Waals surface area contributed by atoms with E-state index in [1.54, 1.807) is 26.0 Å². The number of rotatable bonds is 3. The molecule has 0 fully saturated rings. The average Bonchev–Trinajstić information content (AvgIpc) is 2.06. The maximum Gasteiger partial charge on any atom is 0.317 e. The van der Waals surface area contributed by atoms with Crippen LogP contribution in [0.3, 0.4) is 0 Å². The third-order valence-electron chi connectivity index (χ3n) is 1.76. The van der Waals surface area contributed by atoms with Gasteiger partial charge in [0.05, 0.1) is 4.90 Å². The van der Waals surface area contributed by atoms with Gasteiger partial charge >= 0.3 is 21.5 Å². The van der Waals surface area contributed by atoms with Crippen LogP contribution in [0, 0.1) is 13.8 Å². The monoisotopic (exact) mass is 250 g/mol. The molecule has 7 heteroatoms. The molecule has 1 aromatic carbocycles. The summed E-state index contributed by atoms with van der Waals surface area (Å²) >= 11 is -2.84. The van der Waals surface area contributed by atoms with Crippen LogP contribution in [-0.2, 0) is 25.1 Å². The molecule has 0 aliphatic carbocycles. The highest BCUT2D eigenvalue weighted by Crippen LogP contribution is 2.19. The smallest absolute Gasteiger partial charge is 0.283 e. The van der Waals surface area contributed by atoms with Crippen molar-refractivity contribution in [1.82, 2.24) is 0 Å². The van der Waals surface area contributed by atoms with Crippen LogP contribution in [0.2, 0.25) is 0 Å². The molecule has 1 unspecified atom stereocenters. The molecule has 1 aromatic rings. The van der Waals surface area contributed by atoms with Gasteiger partial charge in [0.1, 0.15) is 0 Å². The van der Waals surface area contributed by atoms with Crippen LogP contribution >= 0.6 is 0 Å². The Morgan fingerprint density at radius 3 is 2.47 bits per heavy atom. The summed E-state index contributed by atoms with van der Waals surface area (Å²) in [4.78, 5) is -0.0927. The summed E-state index contributed by atoms with van der Waals surface area (Å²) in [6, 6.07) is 4.73. The van der Waals surface area contributed by atoms with E-state index in [2.05, 4.69) is 3.63 Å². The molecule has 5 nitrogen and oxygen atoms in total. The SMILES string of the molecule is Cc1ccc(C)c(S(=O)(=O)OS(=O)O)c1. The second-order valence-corrected chi connectivity index (χ2v) is 5.33. The average molecular weight is 250 g/mol. The quantitative estimate of drug-likeness (QED) is 0.814. The lowest BCUT2D eigenvalue weighted by molar-refractivity contribution is 0.442. The topological polar surface area (TPSA) is 80.7 Å². The fourth-order valence-corrected chi connectivity index (χ4v) is 2.79. The number of benzene rings is 1. The zero-order chi connectivity index (χ0) is 11.6. The lowest BCUT2D eigenvalue weighted by atomic mass is 10.2. The third kappa shape index (κ3) is 3.10. The lowest BCUT2D eigenvalue weighted by Crippen LogP contribution is -2.09. The van der Waals surface area contributed by atoms with Crippen LogP contribution in [0.15, 0.2) is 23.1 Å². The summed E-state index contributed by atoms with van der Waals surface area (Å²) in [6.07, 6.45) is 0. The van der Waals surface area contributed by atoms with E-state index in [0.717, 1.165) is 5.56 Å². The highest BCUT2D eigenvalue weighted by Gasteiger charge is 2.20. The summed E-state index contributed by atoms with van der Waals surface area (Å²) in [5, 5.41) is 0. The van der Waals surface area contributed by atoms with Crippen LogP contribution in [0.1, 0.15) is 11.1 Å². The summed E-state index contributed by atoms with van der Waals surface area (Å²) in [7, 11) is -4.16. The molecule has 0 bridgehead atoms. The minimum absolute atomic E-state index is 0.0927. The molecule has 1 N–H and O–H groups in total. The van der Waals surface area contributed by atoms with Crippen LogP contribution in [0.25, 0.3) is 0 Å². The van der Waals surface area contributed by atoms with Gasteiger partial charge in [-0.2, -0.15) is 12.6 Å². The van der Waals surface area contributed by atoms with E-state index in [1.165, 1.54) is 6.07 Å². The lowest BCUT2D eigenvalue weighted by Gasteiger charge is -2.05. The van der Waals surface area contributed by atoms with Gasteiger partial charge in [0, 0.05) is 0 Å². The van der Waals surface area contributed by atoms with Gasteiger partial charge in [0.25, 0.3) is 0 Å². The second-order valence-electron chi connectivity index (χ2n) is 3.01. The fourth-order valence-electron chi connectivity index (χ4n) is 1.09. The normalized spacial score (nSPS) is 13.8. The van der Waals surface area contributed by atoms with E-state index in [9.17, 15) is 12.6 Å². The molecule has 0 aliphatic rings. The Labute approximate surface area is 90.7 Å². The van der Waals surface area contributed by atoms with Crippen LogP contribution in [-0.4, -0.2) is 17.2 Å². The van der Waals surface area contributed by atoms with E-state index in [4.69, 9.17) is 4.55 Å². The Balaban J connectivity index is 3.26. The molecule has 1 rings (SSSR count). The minimum atomic E-state index is -4.16. The highest BCUT2D eigenvalue weighted by molar-refractivity contribution is 7.95. The Morgan fingerprint density at radius 2 is 1.93 bits per heavy atom. The van der Waals surface area contributed by atoms with Gasteiger partial charge in [-0.25, -0.2) is 0 Å². The number of hydrogen-bond acceptors (Lipinski definition) is 4. The van der Waals surface area contributed by atoms with Gasteiger partial charge in [-0.1, -0.05) is 12.1 Å². The standard InChI is InChI=1S/C8H10O5S2/c1-6-3-4-7(2)8(5-6)15(11,12)13-14(9)10/h3-5H,1-2H3,(H,9,10). The van der Waals surface area contributed by atoms with E-state index < -0.39 is 21.5 Å². The number of aryl methyl sites for hydroxylation is 2. The molecule has 0 aromatic heterocycles. The van der Waals surface area contributed by atoms with Crippen LogP contribution in [0.4, 0.5) is 0 Å². The van der Waals surface area contributed by atoms with Crippen molar-refractivity contribution in [2.45, 2.75) is 18.7 Å². The Hall–Kier alpha value is -0.760. The van der Waals surface area contributed by atoms with Crippen molar-refractivity contribution in [3.8, 4) is 0 Å². The van der Waals surface area contributed by atoms with Gasteiger partial charge in [-0.15, -0.1) is 3.63 Å². The molecule has 0 spiro atoms. The Bertz CT molecular complexity index is 492. The molecule has 0 amide bonds. The van der Waals surface area contributed by atoms with Crippen molar-refractivity contribution in [3.63, 3.8) is 0 Å². The van der Waals surface area contributed by atoms with Crippen LogP contribution < -0.4 is 0 Å². The maximum atomic E-state index is 11.4. The van der Waals surface area contributed by atoms with Crippen molar-refractivity contribution in [1.29, 1.82) is 0 Å². The third-order valence-corrected chi connectivity index (χ3v) is 3.92. The first-order valence-electron chi connectivity index (χ1n) is 3.96. The molecule has 0 saturated carbocycles. The summed E-state index contributed by atoms with van der Waals surface area (Å²) in [6.45, 7) is 3.30. The Kier molecular flexibility index (Phi) is 3.61. The zero-order valence-electron chi connectivity index (χ0n) is 8.13. The molecule has 0 saturated heterocycles. The molecular weight excluding hydrogens is 240 g/mol. The van der Waals surface area contributed by atoms with Gasteiger partial charge in [0.15, 0.2) is 0 Å². The van der Waals surface area contributed by atoms with E-state index in [-0.39, 0.29) is 4.90 Å². The van der Waals surface area contributed by atoms with Gasteiger partial charge < -0.3 is 0 Å². The van der Waals surface area contributed by atoms with Crippen molar-refractivity contribution in [3.05, 3.63) is 29.3 Å². The van der Waals surface area contributed by atoms with Crippen molar-refractivity contribution < 1.29 is 20.8 Å². The second kappa shape index (κ2) is 4.40. The molecule has 0 aliphatic heterocycles. The summed E-state index contributed by atoms with van der Waals surface area (Å²) in [5.74, 6) is 0. The van der Waals surface area contributed by atoms with Crippen LogP contribution in [0.5, 0.6) is 0 Å². The molecule has 0 radical (unpaired) electrons. The molecule has 1 atom stereocenters. The van der Waals surface area contributed by atoms with Gasteiger partial charge in [-0.05, 0) is 31.0 Å². The van der Waals surface area contributed by atoms with E-state index in [0.29, 0.717) is 5.56 Å². The van der Waals surface area contributed by atoms with Gasteiger partial charge in [-0.3, -0.25) is 4.55 Å². The predicted molar refractivity (Wildman–Crippen MR) is 55.0 cm³/mol. The van der Waals surface area contributed by atoms with Gasteiger partial charge in [0.2, 0.25) is 0 Å². The maximum absolute atomic E-state index is 11.4. The first kappa shape index (κ1) is 12.3. The molecule has 0 heterocycles. The predicted octanol–water partition coefficient (Wildman–Crippen LogP) is 1.15. The van der Waals surface area contributed by atoms with Crippen molar-refractivity contribution in [2.75, 3.05) is 0 Å². The summed E-state index contributed by atoms with van der Waals surface area (Å²) < 4.78 is 45.5. The molecule has 15 heavy (non-hydrogen) atoms. The van der Waals surface area contributed by atoms with E-state index in [1.807, 2.05) is 0 Å². The zero-order valence-corrected chi connectivity index (χ0v) is 9.76. The largest absolute Gasteiger partial charge is 0.317 e. The first-order valence-corrected chi connectivity index (χ1v) is 6.40. The fraction of sp³-hybridized carbons (Fsp3) is 0.250. The summed E-state index contributed by atoms with van der Waals surface area (Å²) in [5.41, 5.74) is 1.19. The molecular formula is C8H10O5S2. The van der Waals surface area contributed by atoms with E-state index >= 15 is 0 Å². The Morgan fingerprint density at radius 1 is 1.33 bits per heavy atom. The highest BCUT2D eigenvalue weighted by atomic mass is 32.3. The van der Waals surface area contributed by atoms with Crippen molar-refractivity contribution in [2.24, 2.45) is 0 Å². The minimum Gasteiger partial charge on any atom is -0.283 e. The first-order chi connectivity index (χ1) is 6.83. The van der Waals surface area contributed by atoms with Crippen molar-refractivity contribution >= 4 is 21.5 Å². The number of hydrogen-bond donors (Lipinski definition) is 1. The molecule has 84 valence electrons.